The van der Waals surface area contributed by atoms with E-state index in [0.29, 0.717) is 16.5 Å². The molecule has 34 heavy (non-hydrogen) atoms. The summed E-state index contributed by atoms with van der Waals surface area (Å²) < 4.78 is 28.5. The number of piperidine rings is 1. The van der Waals surface area contributed by atoms with Crippen LogP contribution in [0.2, 0.25) is 5.02 Å². The smallest absolute Gasteiger partial charge is 0.293 e. The van der Waals surface area contributed by atoms with Crippen molar-refractivity contribution < 1.29 is 18.7 Å². The molecule has 176 valence electrons. The maximum atomic E-state index is 14.2. The first-order valence-corrected chi connectivity index (χ1v) is 11.6. The maximum Gasteiger partial charge on any atom is 0.293 e. The van der Waals surface area contributed by atoms with Gasteiger partial charge in [-0.2, -0.15) is 0 Å². The number of rotatable bonds is 4. The lowest BCUT2D eigenvalue weighted by Crippen LogP contribution is -2.59. The van der Waals surface area contributed by atoms with E-state index in [1.165, 1.54) is 18.9 Å². The average Bonchev–Trinajstić information content (AvgIpc) is 3.66. The van der Waals surface area contributed by atoms with Crippen molar-refractivity contribution in [2.24, 2.45) is 0 Å². The molecule has 1 N–H and O–H groups in total. The van der Waals surface area contributed by atoms with Crippen LogP contribution in [-0.2, 0) is 0 Å². The molecule has 2 aromatic heterocycles. The molecule has 1 saturated heterocycles. The standard InChI is InChI=1S/C26H24ClF2N3O2/c1-25(34)7-9-32(15-26(25,28)29)24(33)18-4-5-21(22(27)11-18)20-10-19(13-30-14-20)17-6-8-31-23(12-17)16-2-3-16/h4-6,8,10-14,16,34H,2-3,7,9,15H2,1H3. The minimum Gasteiger partial charge on any atom is -0.384 e. The second-order valence-electron chi connectivity index (χ2n) is 9.36. The Hall–Kier alpha value is -2.90. The third-order valence-electron chi connectivity index (χ3n) is 6.71. The van der Waals surface area contributed by atoms with Crippen LogP contribution in [0, 0.1) is 0 Å². The first-order valence-electron chi connectivity index (χ1n) is 11.3. The number of hydrogen-bond donors (Lipinski definition) is 1. The first-order chi connectivity index (χ1) is 16.1. The van der Waals surface area contributed by atoms with E-state index in [9.17, 15) is 18.7 Å². The van der Waals surface area contributed by atoms with Crippen molar-refractivity contribution in [2.75, 3.05) is 13.1 Å². The van der Waals surface area contributed by atoms with E-state index >= 15 is 0 Å². The highest BCUT2D eigenvalue weighted by molar-refractivity contribution is 6.33. The number of halogens is 3. The molecule has 3 heterocycles. The van der Waals surface area contributed by atoms with Crippen LogP contribution in [0.25, 0.3) is 22.3 Å². The SMILES string of the molecule is CC1(O)CCN(C(=O)c2ccc(-c3cncc(-c4ccnc(C5CC5)c4)c3)c(Cl)c2)CC1(F)F. The normalized spacial score (nSPS) is 22.0. The van der Waals surface area contributed by atoms with Crippen molar-refractivity contribution in [3.05, 3.63) is 71.3 Å². The molecule has 1 aliphatic carbocycles. The van der Waals surface area contributed by atoms with Crippen molar-refractivity contribution >= 4 is 17.5 Å². The zero-order valence-electron chi connectivity index (χ0n) is 18.6. The number of likely N-dealkylation sites (tertiary alicyclic amines) is 1. The van der Waals surface area contributed by atoms with Crippen LogP contribution in [0.4, 0.5) is 8.78 Å². The Morgan fingerprint density at radius 2 is 1.88 bits per heavy atom. The Balaban J connectivity index is 1.39. The number of aliphatic hydroxyl groups is 1. The minimum absolute atomic E-state index is 0.0432. The van der Waals surface area contributed by atoms with Crippen LogP contribution in [0.3, 0.4) is 0 Å². The van der Waals surface area contributed by atoms with Crippen LogP contribution >= 0.6 is 11.6 Å². The molecule has 1 saturated carbocycles. The maximum absolute atomic E-state index is 14.2. The number of amides is 1. The minimum atomic E-state index is -3.39. The summed E-state index contributed by atoms with van der Waals surface area (Å²) in [5, 5.41) is 10.2. The van der Waals surface area contributed by atoms with Crippen molar-refractivity contribution in [2.45, 2.75) is 43.6 Å². The van der Waals surface area contributed by atoms with Crippen LogP contribution in [0.15, 0.2) is 55.0 Å². The molecule has 2 aliphatic rings. The fourth-order valence-electron chi connectivity index (χ4n) is 4.24. The fraction of sp³-hybridized carbons (Fsp3) is 0.346. The number of alkyl halides is 2. The Morgan fingerprint density at radius 1 is 1.12 bits per heavy atom. The van der Waals surface area contributed by atoms with E-state index in [0.717, 1.165) is 34.2 Å². The molecular formula is C26H24ClF2N3O2. The molecule has 3 aromatic rings. The summed E-state index contributed by atoms with van der Waals surface area (Å²) in [5.41, 5.74) is 2.61. The van der Waals surface area contributed by atoms with Gasteiger partial charge in [-0.3, -0.25) is 14.8 Å². The monoisotopic (exact) mass is 483 g/mol. The summed E-state index contributed by atoms with van der Waals surface area (Å²) in [6.45, 7) is 0.307. The third-order valence-corrected chi connectivity index (χ3v) is 7.02. The van der Waals surface area contributed by atoms with Crippen LogP contribution in [-0.4, -0.2) is 50.5 Å². The molecule has 5 rings (SSSR count). The molecule has 1 unspecified atom stereocenters. The van der Waals surface area contributed by atoms with E-state index < -0.39 is 24.0 Å². The van der Waals surface area contributed by atoms with Gasteiger partial charge in [0.05, 0.1) is 6.54 Å². The van der Waals surface area contributed by atoms with E-state index in [1.54, 1.807) is 24.5 Å². The predicted molar refractivity (Wildman–Crippen MR) is 126 cm³/mol. The number of nitrogens with zero attached hydrogens (tertiary/aromatic N) is 3. The van der Waals surface area contributed by atoms with Crippen molar-refractivity contribution in [1.82, 2.24) is 14.9 Å². The molecule has 1 aromatic carbocycles. The van der Waals surface area contributed by atoms with Gasteiger partial charge < -0.3 is 10.0 Å². The quantitative estimate of drug-likeness (QED) is 0.526. The Kier molecular flexibility index (Phi) is 5.65. The fourth-order valence-corrected chi connectivity index (χ4v) is 4.53. The number of carbonyl (C=O) groups excluding carboxylic acids is 1. The molecule has 1 aliphatic heterocycles. The van der Waals surface area contributed by atoms with Gasteiger partial charge in [0.15, 0.2) is 0 Å². The van der Waals surface area contributed by atoms with E-state index in [4.69, 9.17) is 11.6 Å². The van der Waals surface area contributed by atoms with Gasteiger partial charge in [-0.25, -0.2) is 8.78 Å². The van der Waals surface area contributed by atoms with E-state index in [-0.39, 0.29) is 18.5 Å². The zero-order chi connectivity index (χ0) is 24.1. The summed E-state index contributed by atoms with van der Waals surface area (Å²) in [7, 11) is 0. The molecule has 0 radical (unpaired) electrons. The summed E-state index contributed by atoms with van der Waals surface area (Å²) in [5.74, 6) is -3.38. The van der Waals surface area contributed by atoms with Crippen LogP contribution in [0.5, 0.6) is 0 Å². The Labute approximate surface area is 201 Å². The van der Waals surface area contributed by atoms with Gasteiger partial charge >= 0.3 is 0 Å². The average molecular weight is 484 g/mol. The van der Waals surface area contributed by atoms with Gasteiger partial charge in [-0.15, -0.1) is 0 Å². The second-order valence-corrected chi connectivity index (χ2v) is 9.76. The molecule has 5 nitrogen and oxygen atoms in total. The van der Waals surface area contributed by atoms with Gasteiger partial charge in [-0.1, -0.05) is 17.7 Å². The molecular weight excluding hydrogens is 460 g/mol. The molecule has 1 amide bonds. The highest BCUT2D eigenvalue weighted by Crippen LogP contribution is 2.40. The highest BCUT2D eigenvalue weighted by atomic mass is 35.5. The number of hydrogen-bond acceptors (Lipinski definition) is 4. The summed E-state index contributed by atoms with van der Waals surface area (Å²) in [6.07, 6.45) is 7.43. The molecule has 1 atom stereocenters. The van der Waals surface area contributed by atoms with Crippen LogP contribution < -0.4 is 0 Å². The molecule has 0 spiro atoms. The van der Waals surface area contributed by atoms with Gasteiger partial charge in [0.2, 0.25) is 0 Å². The van der Waals surface area contributed by atoms with Crippen molar-refractivity contribution in [3.63, 3.8) is 0 Å². The third kappa shape index (κ3) is 4.30. The molecule has 8 heteroatoms. The lowest BCUT2D eigenvalue weighted by Gasteiger charge is -2.42. The first kappa shape index (κ1) is 22.9. The number of carbonyl (C=O) groups is 1. The Bertz CT molecular complexity index is 1260. The molecule has 0 bridgehead atoms. The van der Waals surface area contributed by atoms with E-state index in [2.05, 4.69) is 16.0 Å². The van der Waals surface area contributed by atoms with Gasteiger partial charge in [-0.05, 0) is 62.1 Å². The predicted octanol–water partition coefficient (Wildman–Crippen LogP) is 5.57. The van der Waals surface area contributed by atoms with Gasteiger partial charge in [0.25, 0.3) is 11.8 Å². The van der Waals surface area contributed by atoms with Gasteiger partial charge in [0, 0.05) is 64.0 Å². The lowest BCUT2D eigenvalue weighted by molar-refractivity contribution is -0.200. The highest BCUT2D eigenvalue weighted by Gasteiger charge is 2.53. The second kappa shape index (κ2) is 8.40. The topological polar surface area (TPSA) is 66.3 Å². The largest absolute Gasteiger partial charge is 0.384 e. The number of benzene rings is 1. The van der Waals surface area contributed by atoms with Crippen molar-refractivity contribution in [1.29, 1.82) is 0 Å². The molecule has 2 fully saturated rings. The van der Waals surface area contributed by atoms with Gasteiger partial charge in [0.1, 0.15) is 5.60 Å². The van der Waals surface area contributed by atoms with E-state index in [1.807, 2.05) is 18.3 Å². The lowest BCUT2D eigenvalue weighted by atomic mass is 9.89. The Morgan fingerprint density at radius 3 is 2.59 bits per heavy atom. The number of aromatic nitrogens is 2. The summed E-state index contributed by atoms with van der Waals surface area (Å²) in [4.78, 5) is 22.8. The summed E-state index contributed by atoms with van der Waals surface area (Å²) >= 11 is 6.53. The number of pyridine rings is 2. The van der Waals surface area contributed by atoms with Crippen molar-refractivity contribution in [3.8, 4) is 22.3 Å². The summed E-state index contributed by atoms with van der Waals surface area (Å²) in [6, 6.07) is 10.8. The van der Waals surface area contributed by atoms with Crippen LogP contribution in [0.1, 0.15) is 48.2 Å². The zero-order valence-corrected chi connectivity index (χ0v) is 19.4.